The molecule has 4 aromatic rings. The molecule has 1 aliphatic carbocycles. The first kappa shape index (κ1) is 31.2. The number of halogens is 3. The van der Waals surface area contributed by atoms with Gasteiger partial charge in [-0.2, -0.15) is 0 Å². The number of nitrogens with zero attached hydrogens (tertiary/aromatic N) is 1. The van der Waals surface area contributed by atoms with Gasteiger partial charge >= 0.3 is 12.1 Å². The van der Waals surface area contributed by atoms with Gasteiger partial charge in [-0.25, -0.2) is 9.59 Å². The van der Waals surface area contributed by atoms with Gasteiger partial charge in [-0.15, -0.1) is 0 Å². The normalized spacial score (nSPS) is 12.2. The highest BCUT2D eigenvalue weighted by Crippen LogP contribution is 2.46. The molecular weight excluding hydrogens is 631 g/mol. The van der Waals surface area contributed by atoms with E-state index in [0.717, 1.165) is 24.2 Å². The molecule has 1 amide bonds. The molecule has 3 aromatic carbocycles. The Hall–Kier alpha value is -4.20. The van der Waals surface area contributed by atoms with Gasteiger partial charge in [0, 0.05) is 34.4 Å². The van der Waals surface area contributed by atoms with Crippen LogP contribution in [0.3, 0.4) is 0 Å². The molecule has 1 saturated carbocycles. The Morgan fingerprint density at radius 3 is 2.50 bits per heavy atom. The van der Waals surface area contributed by atoms with Crippen LogP contribution >= 0.6 is 34.8 Å². The maximum absolute atomic E-state index is 12.2. The topological polar surface area (TPSA) is 120 Å². The first-order valence-corrected chi connectivity index (χ1v) is 14.6. The quantitative estimate of drug-likeness (QED) is 0.141. The molecule has 1 aliphatic rings. The second-order valence-electron chi connectivity index (χ2n) is 9.70. The number of amides is 1. The van der Waals surface area contributed by atoms with Crippen molar-refractivity contribution in [2.24, 2.45) is 0 Å². The Balaban J connectivity index is 1.35. The zero-order valence-electron chi connectivity index (χ0n) is 23.3. The van der Waals surface area contributed by atoms with Crippen LogP contribution in [0.5, 0.6) is 5.75 Å². The molecule has 0 unspecified atom stereocenters. The van der Waals surface area contributed by atoms with Crippen molar-refractivity contribution in [3.8, 4) is 28.8 Å². The average Bonchev–Trinajstić information content (AvgIpc) is 3.77. The van der Waals surface area contributed by atoms with E-state index in [1.165, 1.54) is 19.2 Å². The molecule has 1 heterocycles. The lowest BCUT2D eigenvalue weighted by atomic mass is 10.0. The summed E-state index contributed by atoms with van der Waals surface area (Å²) in [7, 11) is 1.25. The Labute approximate surface area is 267 Å². The molecule has 1 aromatic heterocycles. The fraction of sp³-hybridized carbons (Fsp3) is 0.219. The number of carbonyl (C=O) groups excluding carboxylic acids is 2. The largest absolute Gasteiger partial charge is 0.489 e. The highest BCUT2D eigenvalue weighted by Gasteiger charge is 2.33. The predicted molar refractivity (Wildman–Crippen MR) is 166 cm³/mol. The van der Waals surface area contributed by atoms with Crippen LogP contribution in [-0.2, 0) is 16.1 Å². The number of methoxy groups -OCH3 is 1. The van der Waals surface area contributed by atoms with Gasteiger partial charge in [0.25, 0.3) is 0 Å². The first-order chi connectivity index (χ1) is 21.3. The SMILES string of the molecule is COC(=O)c1cc(C#Cc2ccc(OCc3c(-c4c(Cl)cccc4Cl)noc3C3CC3)cc2Cl)cc(NC(=O)OCCO)c1. The average molecular weight is 656 g/mol. The van der Waals surface area contributed by atoms with Gasteiger partial charge in [0.2, 0.25) is 0 Å². The molecule has 2 N–H and O–H groups in total. The van der Waals surface area contributed by atoms with Gasteiger partial charge in [-0.1, -0.05) is 57.9 Å². The van der Waals surface area contributed by atoms with Gasteiger partial charge in [-0.05, 0) is 55.3 Å². The van der Waals surface area contributed by atoms with E-state index in [4.69, 9.17) is 58.6 Å². The van der Waals surface area contributed by atoms with E-state index in [2.05, 4.69) is 22.3 Å². The minimum Gasteiger partial charge on any atom is -0.489 e. The lowest BCUT2D eigenvalue weighted by molar-refractivity contribution is 0.0600. The van der Waals surface area contributed by atoms with Gasteiger partial charge in [0.1, 0.15) is 30.4 Å². The molecule has 226 valence electrons. The monoisotopic (exact) mass is 654 g/mol. The van der Waals surface area contributed by atoms with Gasteiger partial charge in [0.05, 0.1) is 39.9 Å². The molecule has 9 nitrogen and oxygen atoms in total. The van der Waals surface area contributed by atoms with Crippen LogP contribution in [0.25, 0.3) is 11.3 Å². The molecular formula is C32H25Cl3N2O7. The van der Waals surface area contributed by atoms with Crippen molar-refractivity contribution in [1.29, 1.82) is 0 Å². The molecule has 1 fully saturated rings. The first-order valence-electron chi connectivity index (χ1n) is 13.4. The molecule has 0 atom stereocenters. The highest BCUT2D eigenvalue weighted by atomic mass is 35.5. The van der Waals surface area contributed by atoms with Crippen LogP contribution < -0.4 is 10.1 Å². The molecule has 0 saturated heterocycles. The number of carbonyl (C=O) groups is 2. The van der Waals surface area contributed by atoms with E-state index in [9.17, 15) is 9.59 Å². The number of esters is 1. The van der Waals surface area contributed by atoms with Crippen molar-refractivity contribution in [3.05, 3.63) is 97.7 Å². The van der Waals surface area contributed by atoms with Crippen molar-refractivity contribution in [2.45, 2.75) is 25.4 Å². The van der Waals surface area contributed by atoms with Gasteiger partial charge in [-0.3, -0.25) is 5.32 Å². The Bertz CT molecular complexity index is 1750. The van der Waals surface area contributed by atoms with E-state index in [1.807, 2.05) is 0 Å². The number of aromatic nitrogens is 1. The zero-order chi connectivity index (χ0) is 31.2. The number of rotatable bonds is 9. The van der Waals surface area contributed by atoms with E-state index in [1.54, 1.807) is 42.5 Å². The number of ether oxygens (including phenoxy) is 3. The Morgan fingerprint density at radius 2 is 1.82 bits per heavy atom. The smallest absolute Gasteiger partial charge is 0.411 e. The van der Waals surface area contributed by atoms with E-state index in [0.29, 0.717) is 43.2 Å². The van der Waals surface area contributed by atoms with Crippen LogP contribution in [0.1, 0.15) is 51.6 Å². The molecule has 0 spiro atoms. The van der Waals surface area contributed by atoms with E-state index >= 15 is 0 Å². The summed E-state index contributed by atoms with van der Waals surface area (Å²) < 4.78 is 21.4. The third kappa shape index (κ3) is 7.47. The van der Waals surface area contributed by atoms with E-state index < -0.39 is 12.1 Å². The van der Waals surface area contributed by atoms with Crippen LogP contribution in [0.4, 0.5) is 10.5 Å². The zero-order valence-corrected chi connectivity index (χ0v) is 25.6. The van der Waals surface area contributed by atoms with Crippen molar-refractivity contribution < 1.29 is 33.4 Å². The molecule has 5 rings (SSSR count). The number of aliphatic hydroxyl groups is 1. The van der Waals surface area contributed by atoms with Gasteiger partial charge < -0.3 is 23.8 Å². The summed E-state index contributed by atoms with van der Waals surface area (Å²) in [5.41, 5.74) is 3.25. The number of hydrogen-bond acceptors (Lipinski definition) is 8. The van der Waals surface area contributed by atoms with Crippen LogP contribution in [-0.4, -0.2) is 42.6 Å². The number of benzene rings is 3. The summed E-state index contributed by atoms with van der Waals surface area (Å²) in [4.78, 5) is 24.1. The lowest BCUT2D eigenvalue weighted by Crippen LogP contribution is -2.16. The van der Waals surface area contributed by atoms with Crippen LogP contribution in [0.15, 0.2) is 59.1 Å². The Kier molecular flexibility index (Phi) is 9.98. The minimum atomic E-state index is -0.795. The fourth-order valence-electron chi connectivity index (χ4n) is 4.33. The maximum atomic E-state index is 12.2. The van der Waals surface area contributed by atoms with E-state index in [-0.39, 0.29) is 37.0 Å². The van der Waals surface area contributed by atoms with Crippen molar-refractivity contribution in [1.82, 2.24) is 5.16 Å². The second-order valence-corrected chi connectivity index (χ2v) is 10.9. The summed E-state index contributed by atoms with van der Waals surface area (Å²) in [5.74, 6) is 6.85. The molecule has 0 bridgehead atoms. The fourth-order valence-corrected chi connectivity index (χ4v) is 5.12. The second kappa shape index (κ2) is 14.1. The Morgan fingerprint density at radius 1 is 1.05 bits per heavy atom. The maximum Gasteiger partial charge on any atom is 0.411 e. The number of anilines is 1. The van der Waals surface area contributed by atoms with Crippen molar-refractivity contribution in [2.75, 3.05) is 25.6 Å². The number of nitrogens with one attached hydrogen (secondary N) is 1. The minimum absolute atomic E-state index is 0.157. The lowest BCUT2D eigenvalue weighted by Gasteiger charge is -2.10. The molecule has 44 heavy (non-hydrogen) atoms. The molecule has 12 heteroatoms. The molecule has 0 aliphatic heterocycles. The number of hydrogen-bond donors (Lipinski definition) is 2. The highest BCUT2D eigenvalue weighted by molar-refractivity contribution is 6.39. The summed E-state index contributed by atoms with van der Waals surface area (Å²) >= 11 is 19.5. The van der Waals surface area contributed by atoms with Gasteiger partial charge in [0.15, 0.2) is 0 Å². The van der Waals surface area contributed by atoms with Crippen LogP contribution in [0, 0.1) is 11.8 Å². The third-order valence-corrected chi connectivity index (χ3v) is 7.50. The summed E-state index contributed by atoms with van der Waals surface area (Å²) in [6.07, 6.45) is 1.21. The van der Waals surface area contributed by atoms with Crippen molar-refractivity contribution >= 4 is 52.6 Å². The number of aliphatic hydroxyl groups excluding tert-OH is 1. The van der Waals surface area contributed by atoms with Crippen LogP contribution in [0.2, 0.25) is 15.1 Å². The summed E-state index contributed by atoms with van der Waals surface area (Å²) in [6.45, 7) is -0.340. The summed E-state index contributed by atoms with van der Waals surface area (Å²) in [5, 5.41) is 16.9. The standard InChI is InChI=1S/C32H25Cl3N2O7/c1-41-31(39)21-13-18(14-22(15-21)36-32(40)42-12-11-38)5-6-19-9-10-23(16-27(19)35)43-17-24-29(37-44-30(24)20-7-8-20)28-25(33)3-2-4-26(28)34/h2-4,9-10,13-16,20,38H,7-8,11-12,17H2,1H3,(H,36,40). The molecule has 0 radical (unpaired) electrons. The third-order valence-electron chi connectivity index (χ3n) is 6.56. The summed E-state index contributed by atoms with van der Waals surface area (Å²) in [6, 6.07) is 14.8. The predicted octanol–water partition coefficient (Wildman–Crippen LogP) is 7.49. The van der Waals surface area contributed by atoms with Crippen molar-refractivity contribution in [3.63, 3.8) is 0 Å².